The Morgan fingerprint density at radius 3 is 2.64 bits per heavy atom. The zero-order chi connectivity index (χ0) is 32.3. The second-order valence-corrected chi connectivity index (χ2v) is 12.7. The molecular formula is C36H32FN5O4S. The molecule has 9 nitrogen and oxygen atoms in total. The van der Waals surface area contributed by atoms with E-state index in [2.05, 4.69) is 32.7 Å². The summed E-state index contributed by atoms with van der Waals surface area (Å²) < 4.78 is 20.4. The number of carbonyl (C=O) groups excluding carboxylic acids is 3. The summed E-state index contributed by atoms with van der Waals surface area (Å²) in [4.78, 5) is 47.3. The number of ether oxygens (including phenoxy) is 1. The van der Waals surface area contributed by atoms with E-state index in [4.69, 9.17) is 4.74 Å². The van der Waals surface area contributed by atoms with E-state index < -0.39 is 11.9 Å². The number of pyridine rings is 1. The summed E-state index contributed by atoms with van der Waals surface area (Å²) in [5.74, 6) is 0.361. The Hall–Kier alpha value is -5.16. The quantitative estimate of drug-likeness (QED) is 0.123. The normalized spacial score (nSPS) is 16.0. The van der Waals surface area contributed by atoms with Gasteiger partial charge in [-0.3, -0.25) is 19.7 Å². The minimum Gasteiger partial charge on any atom is -0.494 e. The number of rotatable bonds is 11. The van der Waals surface area contributed by atoms with Crippen LogP contribution in [0.5, 0.6) is 5.75 Å². The van der Waals surface area contributed by atoms with Gasteiger partial charge in [0.2, 0.25) is 11.8 Å². The molecule has 1 fully saturated rings. The molecular weight excluding hydrogens is 617 g/mol. The number of aromatic nitrogens is 2. The molecule has 0 spiro atoms. The van der Waals surface area contributed by atoms with E-state index in [0.29, 0.717) is 30.9 Å². The predicted molar refractivity (Wildman–Crippen MR) is 179 cm³/mol. The summed E-state index contributed by atoms with van der Waals surface area (Å²) in [5, 5.41) is 6.61. The molecule has 2 N–H and O–H groups in total. The van der Waals surface area contributed by atoms with Crippen LogP contribution in [0.15, 0.2) is 79.0 Å². The minimum atomic E-state index is -0.624. The van der Waals surface area contributed by atoms with Gasteiger partial charge in [-0.15, -0.1) is 11.3 Å². The highest BCUT2D eigenvalue weighted by atomic mass is 32.1. The van der Waals surface area contributed by atoms with Crippen molar-refractivity contribution in [3.05, 3.63) is 95.9 Å². The van der Waals surface area contributed by atoms with E-state index in [1.807, 2.05) is 30.3 Å². The summed E-state index contributed by atoms with van der Waals surface area (Å²) >= 11 is 1.48. The van der Waals surface area contributed by atoms with Gasteiger partial charge in [0.05, 0.1) is 16.8 Å². The SMILES string of the molecule is O=C1CCC(N2Cc3cc(OCCCCCNc4cc(-c5ccc(-c6nc7ccc(F)cc7s6)cc5)ccn4)ccc3C2=O)C(=O)N1. The highest BCUT2D eigenvalue weighted by molar-refractivity contribution is 7.21. The molecule has 11 heteroatoms. The second-order valence-electron chi connectivity index (χ2n) is 11.7. The molecule has 47 heavy (non-hydrogen) atoms. The van der Waals surface area contributed by atoms with Crippen LogP contribution in [0, 0.1) is 5.82 Å². The highest BCUT2D eigenvalue weighted by Crippen LogP contribution is 2.33. The van der Waals surface area contributed by atoms with Crippen molar-refractivity contribution >= 4 is 45.1 Å². The third-order valence-corrected chi connectivity index (χ3v) is 9.53. The Morgan fingerprint density at radius 2 is 1.79 bits per heavy atom. The largest absolute Gasteiger partial charge is 0.494 e. The molecule has 3 aromatic carbocycles. The lowest BCUT2D eigenvalue weighted by Crippen LogP contribution is -2.52. The summed E-state index contributed by atoms with van der Waals surface area (Å²) in [6, 6.07) is 21.7. The fourth-order valence-electron chi connectivity index (χ4n) is 5.98. The Balaban J connectivity index is 0.851. The number of imide groups is 1. The lowest BCUT2D eigenvalue weighted by molar-refractivity contribution is -0.136. The van der Waals surface area contributed by atoms with Crippen molar-refractivity contribution in [2.45, 2.75) is 44.7 Å². The predicted octanol–water partition coefficient (Wildman–Crippen LogP) is 6.59. The van der Waals surface area contributed by atoms with Crippen LogP contribution < -0.4 is 15.4 Å². The Labute approximate surface area is 274 Å². The molecule has 7 rings (SSSR count). The lowest BCUT2D eigenvalue weighted by Gasteiger charge is -2.29. The molecule has 2 aliphatic heterocycles. The summed E-state index contributed by atoms with van der Waals surface area (Å²) in [6.07, 6.45) is 5.18. The molecule has 1 atom stereocenters. The van der Waals surface area contributed by atoms with Crippen molar-refractivity contribution < 1.29 is 23.5 Å². The number of hydrogen-bond donors (Lipinski definition) is 2. The van der Waals surface area contributed by atoms with Crippen LogP contribution in [-0.4, -0.2) is 51.8 Å². The number of benzene rings is 3. The Morgan fingerprint density at radius 1 is 0.936 bits per heavy atom. The van der Waals surface area contributed by atoms with Gasteiger partial charge in [-0.2, -0.15) is 0 Å². The summed E-state index contributed by atoms with van der Waals surface area (Å²) in [7, 11) is 0. The van der Waals surface area contributed by atoms with Crippen molar-refractivity contribution in [1.29, 1.82) is 0 Å². The van der Waals surface area contributed by atoms with Gasteiger partial charge in [-0.05, 0) is 90.9 Å². The first-order valence-electron chi connectivity index (χ1n) is 15.7. The molecule has 2 aliphatic rings. The lowest BCUT2D eigenvalue weighted by atomic mass is 10.0. The van der Waals surface area contributed by atoms with Crippen LogP contribution in [0.2, 0.25) is 0 Å². The van der Waals surface area contributed by atoms with E-state index in [1.165, 1.54) is 23.5 Å². The fourth-order valence-corrected chi connectivity index (χ4v) is 6.98. The summed E-state index contributed by atoms with van der Waals surface area (Å²) in [6.45, 7) is 1.67. The standard InChI is InChI=1S/C36H32FN5O4S/c37-26-8-11-29-31(20-26)47-35(40-29)23-6-4-22(5-7-23)24-14-16-39-32(19-24)38-15-2-1-3-17-46-27-9-10-28-25(18-27)21-42(36(28)45)30-12-13-33(43)41-34(30)44/h4-11,14,16,18-20,30H,1-3,12-13,15,17,21H2,(H,38,39)(H,41,43,44). The molecule has 0 bridgehead atoms. The number of unbranched alkanes of at least 4 members (excludes halogenated alkanes) is 2. The zero-order valence-corrected chi connectivity index (χ0v) is 26.3. The van der Waals surface area contributed by atoms with Crippen LogP contribution in [0.3, 0.4) is 0 Å². The van der Waals surface area contributed by atoms with Crippen molar-refractivity contribution in [3.63, 3.8) is 0 Å². The van der Waals surface area contributed by atoms with Crippen LogP contribution in [0.25, 0.3) is 31.9 Å². The number of anilines is 1. The number of piperidine rings is 1. The van der Waals surface area contributed by atoms with Crippen molar-refractivity contribution in [2.75, 3.05) is 18.5 Å². The first-order chi connectivity index (χ1) is 22.9. The van der Waals surface area contributed by atoms with Gasteiger partial charge in [0.15, 0.2) is 0 Å². The third-order valence-electron chi connectivity index (χ3n) is 8.47. The van der Waals surface area contributed by atoms with Crippen molar-refractivity contribution in [1.82, 2.24) is 20.2 Å². The van der Waals surface area contributed by atoms with Crippen LogP contribution in [0.1, 0.15) is 48.0 Å². The number of amides is 3. The van der Waals surface area contributed by atoms with Gasteiger partial charge >= 0.3 is 0 Å². The van der Waals surface area contributed by atoms with Crippen LogP contribution in [0.4, 0.5) is 10.2 Å². The van der Waals surface area contributed by atoms with Crippen molar-refractivity contribution in [3.8, 4) is 27.4 Å². The molecule has 0 aliphatic carbocycles. The van der Waals surface area contributed by atoms with Crippen LogP contribution >= 0.6 is 11.3 Å². The van der Waals surface area contributed by atoms with Gasteiger partial charge in [0.25, 0.3) is 5.91 Å². The third kappa shape index (κ3) is 6.71. The van der Waals surface area contributed by atoms with E-state index in [-0.39, 0.29) is 24.1 Å². The fraction of sp³-hybridized carbons (Fsp3) is 0.250. The topological polar surface area (TPSA) is 114 Å². The first-order valence-corrected chi connectivity index (χ1v) is 16.5. The molecule has 1 unspecified atom stereocenters. The molecule has 238 valence electrons. The Kier molecular flexibility index (Phi) is 8.62. The maximum absolute atomic E-state index is 13.6. The minimum absolute atomic E-state index is 0.188. The number of carbonyl (C=O) groups is 3. The van der Waals surface area contributed by atoms with Gasteiger partial charge in [0, 0.05) is 36.8 Å². The summed E-state index contributed by atoms with van der Waals surface area (Å²) in [5.41, 5.74) is 5.33. The number of nitrogens with zero attached hydrogens (tertiary/aromatic N) is 3. The van der Waals surface area contributed by atoms with Gasteiger partial charge in [-0.1, -0.05) is 24.3 Å². The van der Waals surface area contributed by atoms with E-state index in [9.17, 15) is 18.8 Å². The van der Waals surface area contributed by atoms with Crippen molar-refractivity contribution in [2.24, 2.45) is 0 Å². The highest BCUT2D eigenvalue weighted by Gasteiger charge is 2.39. The number of nitrogens with one attached hydrogen (secondary N) is 2. The smallest absolute Gasteiger partial charge is 0.255 e. The average Bonchev–Trinajstić information content (AvgIpc) is 3.64. The molecule has 3 amide bonds. The first kappa shape index (κ1) is 30.5. The second kappa shape index (κ2) is 13.3. The average molecular weight is 650 g/mol. The number of fused-ring (bicyclic) bond motifs is 2. The number of halogens is 1. The molecule has 0 saturated carbocycles. The molecule has 4 heterocycles. The molecule has 5 aromatic rings. The van der Waals surface area contributed by atoms with E-state index in [1.54, 1.807) is 29.3 Å². The zero-order valence-electron chi connectivity index (χ0n) is 25.5. The Bertz CT molecular complexity index is 1980. The molecule has 2 aromatic heterocycles. The van der Waals surface area contributed by atoms with Crippen LogP contribution in [-0.2, 0) is 16.1 Å². The van der Waals surface area contributed by atoms with Gasteiger partial charge in [-0.25, -0.2) is 14.4 Å². The maximum atomic E-state index is 13.6. The van der Waals surface area contributed by atoms with E-state index >= 15 is 0 Å². The number of hydrogen-bond acceptors (Lipinski definition) is 8. The maximum Gasteiger partial charge on any atom is 0.255 e. The number of thiazole rings is 1. The molecule has 0 radical (unpaired) electrons. The van der Waals surface area contributed by atoms with E-state index in [0.717, 1.165) is 69.1 Å². The molecule has 1 saturated heterocycles. The van der Waals surface area contributed by atoms with Gasteiger partial charge < -0.3 is 15.0 Å². The monoisotopic (exact) mass is 649 g/mol. The van der Waals surface area contributed by atoms with Gasteiger partial charge in [0.1, 0.15) is 28.4 Å².